The molecule has 0 aliphatic carbocycles. The molecule has 134 valence electrons. The second kappa shape index (κ2) is 7.51. The van der Waals surface area contributed by atoms with Gasteiger partial charge >= 0.3 is 0 Å². The van der Waals surface area contributed by atoms with E-state index >= 15 is 0 Å². The number of aromatic nitrogens is 1. The van der Waals surface area contributed by atoms with Crippen LogP contribution in [-0.2, 0) is 14.8 Å². The van der Waals surface area contributed by atoms with E-state index in [1.165, 1.54) is 4.31 Å². The van der Waals surface area contributed by atoms with Crippen LogP contribution in [0.25, 0.3) is 0 Å². The number of hydrogen-bond acceptors (Lipinski definition) is 5. The molecule has 2 unspecified atom stereocenters. The highest BCUT2D eigenvalue weighted by atomic mass is 32.2. The maximum absolute atomic E-state index is 13.0. The number of hydrogen-bond donors (Lipinski definition) is 0. The molecule has 0 amide bonds. The first-order valence-corrected chi connectivity index (χ1v) is 9.54. The first kappa shape index (κ1) is 17.8. The summed E-state index contributed by atoms with van der Waals surface area (Å²) in [5.41, 5.74) is 0.900. The van der Waals surface area contributed by atoms with Gasteiger partial charge in [0, 0.05) is 43.9 Å². The monoisotopic (exact) mass is 362 g/mol. The first-order valence-electron chi connectivity index (χ1n) is 8.10. The van der Waals surface area contributed by atoms with Gasteiger partial charge in [0.25, 0.3) is 0 Å². The van der Waals surface area contributed by atoms with Crippen molar-refractivity contribution in [2.75, 3.05) is 33.9 Å². The minimum atomic E-state index is -3.56. The van der Waals surface area contributed by atoms with Crippen molar-refractivity contribution in [2.45, 2.75) is 10.8 Å². The van der Waals surface area contributed by atoms with Crippen molar-refractivity contribution in [3.8, 4) is 5.75 Å². The Morgan fingerprint density at radius 2 is 1.88 bits per heavy atom. The molecule has 1 fully saturated rings. The number of nitrogens with zero attached hydrogens (tertiary/aromatic N) is 2. The van der Waals surface area contributed by atoms with Crippen LogP contribution in [0.1, 0.15) is 11.6 Å². The highest BCUT2D eigenvalue weighted by molar-refractivity contribution is 7.89. The lowest BCUT2D eigenvalue weighted by Crippen LogP contribution is -2.29. The van der Waals surface area contributed by atoms with Gasteiger partial charge in [0.05, 0.1) is 18.6 Å². The number of benzene rings is 1. The SMILES string of the molecule is COCC1CN(S(=O)(=O)c2ccc(OC)cc2)CC1c1ccccn1. The van der Waals surface area contributed by atoms with Crippen LogP contribution >= 0.6 is 0 Å². The molecule has 1 aromatic heterocycles. The van der Waals surface area contributed by atoms with Gasteiger partial charge in [-0.2, -0.15) is 4.31 Å². The Balaban J connectivity index is 1.86. The van der Waals surface area contributed by atoms with E-state index in [0.29, 0.717) is 25.4 Å². The normalized spacial score (nSPS) is 21.4. The molecule has 0 bridgehead atoms. The molecule has 7 heteroatoms. The number of methoxy groups -OCH3 is 2. The van der Waals surface area contributed by atoms with E-state index in [-0.39, 0.29) is 16.7 Å². The lowest BCUT2D eigenvalue weighted by molar-refractivity contribution is 0.150. The van der Waals surface area contributed by atoms with Crippen molar-refractivity contribution in [1.29, 1.82) is 0 Å². The summed E-state index contributed by atoms with van der Waals surface area (Å²) in [5, 5.41) is 0. The molecule has 0 radical (unpaired) electrons. The van der Waals surface area contributed by atoms with Gasteiger partial charge in [-0.05, 0) is 36.4 Å². The zero-order chi connectivity index (χ0) is 17.9. The number of rotatable bonds is 6. The van der Waals surface area contributed by atoms with Gasteiger partial charge in [0.2, 0.25) is 10.0 Å². The summed E-state index contributed by atoms with van der Waals surface area (Å²) in [4.78, 5) is 4.68. The molecular formula is C18H22N2O4S. The highest BCUT2D eigenvalue weighted by Gasteiger charge is 2.40. The van der Waals surface area contributed by atoms with Crippen molar-refractivity contribution in [3.05, 3.63) is 54.4 Å². The quantitative estimate of drug-likeness (QED) is 0.787. The molecule has 6 nitrogen and oxygen atoms in total. The Kier molecular flexibility index (Phi) is 5.36. The van der Waals surface area contributed by atoms with Crippen LogP contribution < -0.4 is 4.74 Å². The Morgan fingerprint density at radius 1 is 1.12 bits per heavy atom. The van der Waals surface area contributed by atoms with E-state index in [1.54, 1.807) is 44.7 Å². The Hall–Kier alpha value is -1.96. The van der Waals surface area contributed by atoms with Gasteiger partial charge < -0.3 is 9.47 Å². The van der Waals surface area contributed by atoms with Gasteiger partial charge in [-0.25, -0.2) is 8.42 Å². The van der Waals surface area contributed by atoms with Gasteiger partial charge in [-0.1, -0.05) is 6.07 Å². The first-order chi connectivity index (χ1) is 12.1. The van der Waals surface area contributed by atoms with E-state index in [9.17, 15) is 8.42 Å². The second-order valence-electron chi connectivity index (χ2n) is 6.07. The zero-order valence-electron chi connectivity index (χ0n) is 14.3. The van der Waals surface area contributed by atoms with E-state index in [0.717, 1.165) is 5.69 Å². The van der Waals surface area contributed by atoms with Crippen LogP contribution in [-0.4, -0.2) is 51.6 Å². The number of sulfonamides is 1. The summed E-state index contributed by atoms with van der Waals surface area (Å²) in [5.74, 6) is 0.728. The fourth-order valence-electron chi connectivity index (χ4n) is 3.24. The van der Waals surface area contributed by atoms with Gasteiger partial charge in [-0.15, -0.1) is 0 Å². The fraction of sp³-hybridized carbons (Fsp3) is 0.389. The van der Waals surface area contributed by atoms with Gasteiger partial charge in [-0.3, -0.25) is 4.98 Å². The third kappa shape index (κ3) is 3.68. The van der Waals surface area contributed by atoms with Gasteiger partial charge in [0.1, 0.15) is 5.75 Å². The van der Waals surface area contributed by atoms with E-state index in [1.807, 2.05) is 18.2 Å². The Bertz CT molecular complexity index is 794. The van der Waals surface area contributed by atoms with Crippen LogP contribution in [0.2, 0.25) is 0 Å². The molecule has 2 atom stereocenters. The lowest BCUT2D eigenvalue weighted by Gasteiger charge is -2.16. The van der Waals surface area contributed by atoms with Crippen LogP contribution in [0.4, 0.5) is 0 Å². The molecule has 0 saturated carbocycles. The standard InChI is InChI=1S/C18H22N2O4S/c1-23-13-14-11-20(12-17(14)18-5-3-4-10-19-18)25(21,22)16-8-6-15(24-2)7-9-16/h3-10,14,17H,11-13H2,1-2H3. The van der Waals surface area contributed by atoms with E-state index in [4.69, 9.17) is 9.47 Å². The van der Waals surface area contributed by atoms with Crippen LogP contribution in [0.5, 0.6) is 5.75 Å². The third-order valence-electron chi connectivity index (χ3n) is 4.55. The third-order valence-corrected chi connectivity index (χ3v) is 6.40. The molecule has 2 aromatic rings. The predicted molar refractivity (Wildman–Crippen MR) is 94.1 cm³/mol. The largest absolute Gasteiger partial charge is 0.497 e. The smallest absolute Gasteiger partial charge is 0.243 e. The molecule has 1 saturated heterocycles. The summed E-state index contributed by atoms with van der Waals surface area (Å²) >= 11 is 0. The van der Waals surface area contributed by atoms with Crippen molar-refractivity contribution >= 4 is 10.0 Å². The summed E-state index contributed by atoms with van der Waals surface area (Å²) in [6.07, 6.45) is 1.74. The number of pyridine rings is 1. The molecule has 3 rings (SSSR count). The molecule has 2 heterocycles. The second-order valence-corrected chi connectivity index (χ2v) is 8.01. The Morgan fingerprint density at radius 3 is 2.48 bits per heavy atom. The predicted octanol–water partition coefficient (Wildman–Crippen LogP) is 2.14. The van der Waals surface area contributed by atoms with Crippen LogP contribution in [0.15, 0.2) is 53.6 Å². The van der Waals surface area contributed by atoms with Crippen molar-refractivity contribution in [1.82, 2.24) is 9.29 Å². The topological polar surface area (TPSA) is 68.7 Å². The molecule has 1 aliphatic heterocycles. The average Bonchev–Trinajstić information content (AvgIpc) is 3.08. The van der Waals surface area contributed by atoms with Crippen molar-refractivity contribution in [2.24, 2.45) is 5.92 Å². The molecular weight excluding hydrogens is 340 g/mol. The van der Waals surface area contributed by atoms with Crippen LogP contribution in [0, 0.1) is 5.92 Å². The fourth-order valence-corrected chi connectivity index (χ4v) is 4.76. The number of ether oxygens (including phenoxy) is 2. The van der Waals surface area contributed by atoms with Crippen molar-refractivity contribution < 1.29 is 17.9 Å². The van der Waals surface area contributed by atoms with E-state index in [2.05, 4.69) is 4.98 Å². The van der Waals surface area contributed by atoms with Gasteiger partial charge in [0.15, 0.2) is 0 Å². The summed E-state index contributed by atoms with van der Waals surface area (Å²) in [6.45, 7) is 1.32. The maximum atomic E-state index is 13.0. The Labute approximate surface area is 148 Å². The van der Waals surface area contributed by atoms with Crippen molar-refractivity contribution in [3.63, 3.8) is 0 Å². The summed E-state index contributed by atoms with van der Waals surface area (Å²) in [6, 6.07) is 12.2. The average molecular weight is 362 g/mol. The molecule has 0 spiro atoms. The zero-order valence-corrected chi connectivity index (χ0v) is 15.1. The summed E-state index contributed by atoms with van der Waals surface area (Å²) < 4.78 is 37.9. The molecule has 1 aliphatic rings. The lowest BCUT2D eigenvalue weighted by atomic mass is 9.93. The van der Waals surface area contributed by atoms with Crippen LogP contribution in [0.3, 0.4) is 0 Å². The minimum Gasteiger partial charge on any atom is -0.497 e. The highest BCUT2D eigenvalue weighted by Crippen LogP contribution is 2.35. The molecule has 0 N–H and O–H groups in total. The maximum Gasteiger partial charge on any atom is 0.243 e. The molecule has 1 aromatic carbocycles. The van der Waals surface area contributed by atoms with E-state index < -0.39 is 10.0 Å². The molecule has 25 heavy (non-hydrogen) atoms. The minimum absolute atomic E-state index is 0.0224. The summed E-state index contributed by atoms with van der Waals surface area (Å²) in [7, 11) is -0.374.